The number of esters is 1. The first-order chi connectivity index (χ1) is 18.3. The molecule has 1 fully saturated rings. The SMILES string of the molecule is CC(CCCc1ccccc1F)c1cc(OC(=O)CCCN2CCCC2)c2c(c1)OC(C)(C)C1=C2CCC1.Cl. The van der Waals surface area contributed by atoms with Crippen molar-refractivity contribution in [1.29, 1.82) is 0 Å². The predicted molar refractivity (Wildman–Crippen MR) is 157 cm³/mol. The van der Waals surface area contributed by atoms with Gasteiger partial charge in [0.15, 0.2) is 0 Å². The highest BCUT2D eigenvalue weighted by molar-refractivity contribution is 5.85. The zero-order valence-electron chi connectivity index (χ0n) is 23.7. The van der Waals surface area contributed by atoms with Gasteiger partial charge in [0.1, 0.15) is 22.9 Å². The Hall–Kier alpha value is -2.37. The van der Waals surface area contributed by atoms with E-state index in [0.717, 1.165) is 80.6 Å². The Bertz CT molecular complexity index is 1200. The number of likely N-dealkylation sites (tertiary alicyclic amines) is 1. The van der Waals surface area contributed by atoms with Gasteiger partial charge in [-0.25, -0.2) is 4.39 Å². The highest BCUT2D eigenvalue weighted by Gasteiger charge is 2.39. The van der Waals surface area contributed by atoms with E-state index in [1.54, 1.807) is 6.07 Å². The topological polar surface area (TPSA) is 38.8 Å². The number of carbonyl (C=O) groups is 1. The number of hydrogen-bond donors (Lipinski definition) is 0. The lowest BCUT2D eigenvalue weighted by atomic mass is 9.85. The quantitative estimate of drug-likeness (QED) is 0.218. The number of nitrogens with zero attached hydrogens (tertiary/aromatic N) is 1. The van der Waals surface area contributed by atoms with E-state index in [1.807, 2.05) is 12.1 Å². The van der Waals surface area contributed by atoms with Crippen molar-refractivity contribution in [2.75, 3.05) is 19.6 Å². The van der Waals surface area contributed by atoms with E-state index in [4.69, 9.17) is 9.47 Å². The van der Waals surface area contributed by atoms with Crippen LogP contribution in [0.3, 0.4) is 0 Å². The van der Waals surface area contributed by atoms with Crippen molar-refractivity contribution in [3.8, 4) is 11.5 Å². The Morgan fingerprint density at radius 2 is 1.87 bits per heavy atom. The summed E-state index contributed by atoms with van der Waals surface area (Å²) >= 11 is 0. The average molecular weight is 556 g/mol. The summed E-state index contributed by atoms with van der Waals surface area (Å²) in [5, 5.41) is 0. The number of ether oxygens (including phenoxy) is 2. The van der Waals surface area contributed by atoms with E-state index in [2.05, 4.69) is 37.8 Å². The van der Waals surface area contributed by atoms with Gasteiger partial charge in [0.05, 0.1) is 5.56 Å². The molecule has 0 amide bonds. The van der Waals surface area contributed by atoms with E-state index >= 15 is 0 Å². The zero-order valence-corrected chi connectivity index (χ0v) is 24.5. The van der Waals surface area contributed by atoms with Crippen molar-refractivity contribution in [3.05, 3.63) is 64.5 Å². The first-order valence-electron chi connectivity index (χ1n) is 14.6. The fourth-order valence-electron chi connectivity index (χ4n) is 6.47. The molecule has 1 atom stereocenters. The summed E-state index contributed by atoms with van der Waals surface area (Å²) in [5.74, 6) is 1.40. The summed E-state index contributed by atoms with van der Waals surface area (Å²) in [5.41, 5.74) is 5.13. The molecule has 0 spiro atoms. The third-order valence-electron chi connectivity index (χ3n) is 8.59. The average Bonchev–Trinajstić information content (AvgIpc) is 3.58. The fourth-order valence-corrected chi connectivity index (χ4v) is 6.47. The van der Waals surface area contributed by atoms with Gasteiger partial charge in [0.2, 0.25) is 0 Å². The van der Waals surface area contributed by atoms with Gasteiger partial charge in [0.25, 0.3) is 0 Å². The van der Waals surface area contributed by atoms with Gasteiger partial charge in [-0.3, -0.25) is 4.79 Å². The van der Waals surface area contributed by atoms with Crippen LogP contribution in [0.1, 0.15) is 101 Å². The lowest BCUT2D eigenvalue weighted by Crippen LogP contribution is -2.33. The van der Waals surface area contributed by atoms with Crippen molar-refractivity contribution < 1.29 is 18.7 Å². The van der Waals surface area contributed by atoms with Crippen LogP contribution in [-0.4, -0.2) is 36.1 Å². The molecule has 0 radical (unpaired) electrons. The number of rotatable bonds is 10. The van der Waals surface area contributed by atoms with Gasteiger partial charge in [-0.05, 0) is 138 Å². The molecule has 0 bridgehead atoms. The van der Waals surface area contributed by atoms with Crippen molar-refractivity contribution in [2.45, 2.75) is 96.5 Å². The molecule has 5 rings (SSSR count). The van der Waals surface area contributed by atoms with Gasteiger partial charge in [-0.2, -0.15) is 0 Å². The van der Waals surface area contributed by atoms with Crippen LogP contribution >= 0.6 is 12.4 Å². The lowest BCUT2D eigenvalue weighted by Gasteiger charge is -2.36. The first kappa shape index (κ1) is 29.6. The Morgan fingerprint density at radius 1 is 1.10 bits per heavy atom. The van der Waals surface area contributed by atoms with Crippen molar-refractivity contribution >= 4 is 23.9 Å². The highest BCUT2D eigenvalue weighted by Crippen LogP contribution is 2.52. The van der Waals surface area contributed by atoms with Crippen molar-refractivity contribution in [3.63, 3.8) is 0 Å². The van der Waals surface area contributed by atoms with E-state index in [1.165, 1.54) is 30.1 Å². The summed E-state index contributed by atoms with van der Waals surface area (Å²) in [6, 6.07) is 11.2. The Labute approximate surface area is 239 Å². The summed E-state index contributed by atoms with van der Waals surface area (Å²) in [7, 11) is 0. The molecule has 0 aromatic heterocycles. The molecule has 0 saturated carbocycles. The Morgan fingerprint density at radius 3 is 2.64 bits per heavy atom. The number of hydrogen-bond acceptors (Lipinski definition) is 4. The normalized spacial score (nSPS) is 18.7. The number of allylic oxidation sites excluding steroid dienone is 1. The number of carbonyl (C=O) groups excluding carboxylic acids is 1. The third-order valence-corrected chi connectivity index (χ3v) is 8.59. The van der Waals surface area contributed by atoms with E-state index in [0.29, 0.717) is 18.6 Å². The molecule has 0 N–H and O–H groups in total. The smallest absolute Gasteiger partial charge is 0.311 e. The molecule has 2 heterocycles. The van der Waals surface area contributed by atoms with Crippen LogP contribution in [0.5, 0.6) is 11.5 Å². The van der Waals surface area contributed by atoms with Gasteiger partial charge in [-0.15, -0.1) is 12.4 Å². The van der Waals surface area contributed by atoms with Gasteiger partial charge >= 0.3 is 5.97 Å². The highest BCUT2D eigenvalue weighted by atomic mass is 35.5. The van der Waals surface area contributed by atoms with Gasteiger partial charge in [-0.1, -0.05) is 25.1 Å². The molecule has 1 saturated heterocycles. The second-order valence-electron chi connectivity index (χ2n) is 11.8. The molecule has 2 aliphatic heterocycles. The van der Waals surface area contributed by atoms with Crippen LogP contribution in [0.15, 0.2) is 42.0 Å². The van der Waals surface area contributed by atoms with Crippen LogP contribution in [-0.2, 0) is 11.2 Å². The standard InChI is InChI=1S/C33H42FNO3.ClH/c1-23(11-8-13-24-12-4-5-16-28(24)34)25-21-29(37-31(36)17-10-20-35-18-6-7-19-35)32-26-14-9-15-27(26)33(2,3)38-30(32)22-25;/h4-5,12,16,21-23H,6-11,13-15,17-20H2,1-3H3;1H. The van der Waals surface area contributed by atoms with Crippen molar-refractivity contribution in [1.82, 2.24) is 4.90 Å². The molecular weight excluding hydrogens is 513 g/mol. The maximum atomic E-state index is 14.1. The minimum absolute atomic E-state index is 0. The van der Waals surface area contributed by atoms with Crippen LogP contribution in [0.2, 0.25) is 0 Å². The lowest BCUT2D eigenvalue weighted by molar-refractivity contribution is -0.134. The summed E-state index contributed by atoms with van der Waals surface area (Å²) in [6.07, 6.45) is 9.39. The van der Waals surface area contributed by atoms with E-state index in [-0.39, 0.29) is 35.7 Å². The Balaban J connectivity index is 0.00000353. The molecule has 2 aromatic carbocycles. The molecule has 212 valence electrons. The van der Waals surface area contributed by atoms with Gasteiger partial charge < -0.3 is 14.4 Å². The summed E-state index contributed by atoms with van der Waals surface area (Å²) < 4.78 is 26.8. The van der Waals surface area contributed by atoms with Crippen LogP contribution in [0, 0.1) is 5.82 Å². The maximum Gasteiger partial charge on any atom is 0.311 e. The van der Waals surface area contributed by atoms with E-state index < -0.39 is 0 Å². The molecule has 1 aliphatic carbocycles. The minimum atomic E-state index is -0.359. The monoisotopic (exact) mass is 555 g/mol. The molecule has 6 heteroatoms. The first-order valence-corrected chi connectivity index (χ1v) is 14.6. The minimum Gasteiger partial charge on any atom is -0.483 e. The largest absolute Gasteiger partial charge is 0.483 e. The van der Waals surface area contributed by atoms with E-state index in [9.17, 15) is 9.18 Å². The zero-order chi connectivity index (χ0) is 26.7. The number of fused-ring (bicyclic) bond motifs is 2. The third kappa shape index (κ3) is 6.86. The molecule has 39 heavy (non-hydrogen) atoms. The number of aryl methyl sites for hydroxylation is 1. The summed E-state index contributed by atoms with van der Waals surface area (Å²) in [6.45, 7) is 9.72. The molecule has 1 unspecified atom stereocenters. The fraction of sp³-hybridized carbons (Fsp3) is 0.545. The molecular formula is C33H43ClFNO3. The Kier molecular flexibility index (Phi) is 9.77. The second-order valence-corrected chi connectivity index (χ2v) is 11.8. The predicted octanol–water partition coefficient (Wildman–Crippen LogP) is 8.26. The maximum absolute atomic E-state index is 14.1. The number of halogens is 2. The molecule has 2 aromatic rings. The number of benzene rings is 2. The molecule has 4 nitrogen and oxygen atoms in total. The van der Waals surface area contributed by atoms with Crippen LogP contribution in [0.4, 0.5) is 4.39 Å². The van der Waals surface area contributed by atoms with Crippen LogP contribution < -0.4 is 9.47 Å². The van der Waals surface area contributed by atoms with Gasteiger partial charge in [0, 0.05) is 6.42 Å². The molecule has 3 aliphatic rings. The second kappa shape index (κ2) is 12.9. The van der Waals surface area contributed by atoms with Crippen LogP contribution in [0.25, 0.3) is 5.57 Å². The van der Waals surface area contributed by atoms with Crippen molar-refractivity contribution in [2.24, 2.45) is 0 Å². The summed E-state index contributed by atoms with van der Waals surface area (Å²) in [4.78, 5) is 15.4.